The van der Waals surface area contributed by atoms with E-state index in [0.29, 0.717) is 18.2 Å². The molecule has 0 saturated carbocycles. The molecule has 6 nitrogen and oxygen atoms in total. The number of carbonyl (C=O) groups is 1. The Hall–Kier alpha value is -2.21. The van der Waals surface area contributed by atoms with Gasteiger partial charge in [-0.05, 0) is 17.0 Å². The van der Waals surface area contributed by atoms with Crippen molar-refractivity contribution >= 4 is 5.97 Å². The third kappa shape index (κ3) is 3.46. The van der Waals surface area contributed by atoms with Crippen LogP contribution in [0.25, 0.3) is 0 Å². The maximum Gasteiger partial charge on any atom is 0.358 e. The predicted molar refractivity (Wildman–Crippen MR) is 77.3 cm³/mol. The monoisotopic (exact) mass is 289 g/mol. The second-order valence-electron chi connectivity index (χ2n) is 5.18. The number of carboxylic acids is 1. The minimum Gasteiger partial charge on any atom is -0.476 e. The van der Waals surface area contributed by atoms with Crippen molar-refractivity contribution < 1.29 is 14.6 Å². The molecule has 1 N–H and O–H groups in total. The first-order chi connectivity index (χ1) is 10.0. The Balaban J connectivity index is 2.24. The molecule has 0 spiro atoms. The van der Waals surface area contributed by atoms with Crippen molar-refractivity contribution in [3.05, 3.63) is 46.8 Å². The molecule has 0 aliphatic rings. The van der Waals surface area contributed by atoms with Crippen molar-refractivity contribution in [2.75, 3.05) is 7.11 Å². The summed E-state index contributed by atoms with van der Waals surface area (Å²) in [5.74, 6) is -0.614. The van der Waals surface area contributed by atoms with Gasteiger partial charge in [-0.2, -0.15) is 0 Å². The lowest BCUT2D eigenvalue weighted by molar-refractivity contribution is 0.0684. The Labute approximate surface area is 123 Å². The van der Waals surface area contributed by atoms with E-state index in [2.05, 4.69) is 36.3 Å². The minimum atomic E-state index is -1.09. The van der Waals surface area contributed by atoms with E-state index in [0.717, 1.165) is 5.56 Å². The molecular weight excluding hydrogens is 270 g/mol. The summed E-state index contributed by atoms with van der Waals surface area (Å²) < 4.78 is 6.61. The normalized spacial score (nSPS) is 11.0. The molecule has 1 aromatic carbocycles. The van der Waals surface area contributed by atoms with Gasteiger partial charge in [-0.1, -0.05) is 43.3 Å². The number of ether oxygens (including phenoxy) is 1. The standard InChI is InChI=1S/C15H19N3O3/c1-10(2)12-6-4-11(5-7-12)8-18-13(9-21-3)14(15(19)20)16-17-18/h4-7,10H,8-9H2,1-3H3,(H,19,20). The van der Waals surface area contributed by atoms with E-state index in [-0.39, 0.29) is 12.3 Å². The van der Waals surface area contributed by atoms with E-state index in [1.54, 1.807) is 4.68 Å². The van der Waals surface area contributed by atoms with Gasteiger partial charge in [0.15, 0.2) is 5.69 Å². The van der Waals surface area contributed by atoms with Crippen LogP contribution in [0.15, 0.2) is 24.3 Å². The summed E-state index contributed by atoms with van der Waals surface area (Å²) in [7, 11) is 1.51. The smallest absolute Gasteiger partial charge is 0.358 e. The van der Waals surface area contributed by atoms with Crippen LogP contribution in [0.1, 0.15) is 47.1 Å². The Bertz CT molecular complexity index is 618. The number of benzene rings is 1. The molecule has 0 atom stereocenters. The highest BCUT2D eigenvalue weighted by molar-refractivity contribution is 5.86. The van der Waals surface area contributed by atoms with Crippen molar-refractivity contribution in [1.82, 2.24) is 15.0 Å². The van der Waals surface area contributed by atoms with E-state index in [9.17, 15) is 4.79 Å². The SMILES string of the molecule is COCc1c(C(=O)O)nnn1Cc1ccc(C(C)C)cc1. The largest absolute Gasteiger partial charge is 0.476 e. The van der Waals surface area contributed by atoms with Gasteiger partial charge in [-0.15, -0.1) is 5.10 Å². The Kier molecular flexibility index (Phi) is 4.70. The lowest BCUT2D eigenvalue weighted by atomic mass is 10.0. The van der Waals surface area contributed by atoms with Crippen molar-refractivity contribution in [1.29, 1.82) is 0 Å². The fourth-order valence-electron chi connectivity index (χ4n) is 2.09. The van der Waals surface area contributed by atoms with Crippen LogP contribution in [0, 0.1) is 0 Å². The summed E-state index contributed by atoms with van der Waals surface area (Å²) >= 11 is 0. The quantitative estimate of drug-likeness (QED) is 0.883. The summed E-state index contributed by atoms with van der Waals surface area (Å²) in [6.45, 7) is 4.92. The van der Waals surface area contributed by atoms with Crippen LogP contribution in [0.2, 0.25) is 0 Å². The molecule has 112 valence electrons. The fourth-order valence-corrected chi connectivity index (χ4v) is 2.09. The Morgan fingerprint density at radius 3 is 2.52 bits per heavy atom. The van der Waals surface area contributed by atoms with Crippen LogP contribution in [0.4, 0.5) is 0 Å². The summed E-state index contributed by atoms with van der Waals surface area (Å²) in [6.07, 6.45) is 0. The lowest BCUT2D eigenvalue weighted by Crippen LogP contribution is -2.10. The molecule has 1 heterocycles. The topological polar surface area (TPSA) is 77.2 Å². The van der Waals surface area contributed by atoms with Crippen molar-refractivity contribution in [2.24, 2.45) is 0 Å². The zero-order chi connectivity index (χ0) is 15.4. The molecule has 0 aliphatic carbocycles. The van der Waals surface area contributed by atoms with Crippen molar-refractivity contribution in [3.8, 4) is 0 Å². The average molecular weight is 289 g/mol. The number of aromatic carboxylic acids is 1. The molecule has 0 bridgehead atoms. The zero-order valence-electron chi connectivity index (χ0n) is 12.4. The molecule has 0 aliphatic heterocycles. The molecule has 0 amide bonds. The minimum absolute atomic E-state index is 0.0596. The second-order valence-corrected chi connectivity index (χ2v) is 5.18. The molecule has 21 heavy (non-hydrogen) atoms. The van der Waals surface area contributed by atoms with Gasteiger partial charge in [0.05, 0.1) is 18.8 Å². The number of hydrogen-bond acceptors (Lipinski definition) is 4. The molecule has 0 radical (unpaired) electrons. The van der Waals surface area contributed by atoms with Gasteiger partial charge < -0.3 is 9.84 Å². The molecule has 2 aromatic rings. The van der Waals surface area contributed by atoms with Crippen LogP contribution < -0.4 is 0 Å². The van der Waals surface area contributed by atoms with Gasteiger partial charge in [0.25, 0.3) is 0 Å². The van der Waals surface area contributed by atoms with E-state index >= 15 is 0 Å². The van der Waals surface area contributed by atoms with E-state index in [1.807, 2.05) is 12.1 Å². The number of aromatic nitrogens is 3. The van der Waals surface area contributed by atoms with Gasteiger partial charge in [0.1, 0.15) is 0 Å². The Morgan fingerprint density at radius 2 is 2.00 bits per heavy atom. The van der Waals surface area contributed by atoms with Crippen molar-refractivity contribution in [2.45, 2.75) is 32.9 Å². The molecule has 0 fully saturated rings. The Morgan fingerprint density at radius 1 is 1.33 bits per heavy atom. The van der Waals surface area contributed by atoms with Crippen LogP contribution >= 0.6 is 0 Å². The van der Waals surface area contributed by atoms with Crippen LogP contribution in [0.3, 0.4) is 0 Å². The molecule has 0 unspecified atom stereocenters. The molecular formula is C15H19N3O3. The summed E-state index contributed by atoms with van der Waals surface area (Å²) in [5.41, 5.74) is 2.72. The highest BCUT2D eigenvalue weighted by Gasteiger charge is 2.18. The maximum absolute atomic E-state index is 11.1. The van der Waals surface area contributed by atoms with Gasteiger partial charge in [-0.25, -0.2) is 9.48 Å². The van der Waals surface area contributed by atoms with Crippen LogP contribution in [0.5, 0.6) is 0 Å². The number of methoxy groups -OCH3 is 1. The van der Waals surface area contributed by atoms with E-state index < -0.39 is 5.97 Å². The number of rotatable bonds is 6. The van der Waals surface area contributed by atoms with Gasteiger partial charge in [0, 0.05) is 7.11 Å². The van der Waals surface area contributed by atoms with E-state index in [4.69, 9.17) is 9.84 Å². The first-order valence-electron chi connectivity index (χ1n) is 6.76. The van der Waals surface area contributed by atoms with Crippen LogP contribution in [-0.2, 0) is 17.9 Å². The summed E-state index contributed by atoms with van der Waals surface area (Å²) in [4.78, 5) is 11.1. The molecule has 2 rings (SSSR count). The highest BCUT2D eigenvalue weighted by atomic mass is 16.5. The number of carboxylic acid groups (broad SMARTS) is 1. The summed E-state index contributed by atoms with van der Waals surface area (Å²) in [6, 6.07) is 8.19. The zero-order valence-corrected chi connectivity index (χ0v) is 12.4. The first-order valence-corrected chi connectivity index (χ1v) is 6.76. The van der Waals surface area contributed by atoms with Gasteiger partial charge in [-0.3, -0.25) is 0 Å². The molecule has 1 aromatic heterocycles. The highest BCUT2D eigenvalue weighted by Crippen LogP contribution is 2.16. The third-order valence-corrected chi connectivity index (χ3v) is 3.30. The maximum atomic E-state index is 11.1. The van der Waals surface area contributed by atoms with Gasteiger partial charge >= 0.3 is 5.97 Å². The molecule has 0 saturated heterocycles. The van der Waals surface area contributed by atoms with Gasteiger partial charge in [0.2, 0.25) is 0 Å². The van der Waals surface area contributed by atoms with E-state index in [1.165, 1.54) is 12.7 Å². The lowest BCUT2D eigenvalue weighted by Gasteiger charge is -2.09. The summed E-state index contributed by atoms with van der Waals surface area (Å²) in [5, 5.41) is 16.7. The average Bonchev–Trinajstić information content (AvgIpc) is 2.83. The number of hydrogen-bond donors (Lipinski definition) is 1. The third-order valence-electron chi connectivity index (χ3n) is 3.30. The number of nitrogens with zero attached hydrogens (tertiary/aromatic N) is 3. The predicted octanol–water partition coefficient (Wildman–Crippen LogP) is 2.29. The van der Waals surface area contributed by atoms with Crippen LogP contribution in [-0.4, -0.2) is 33.2 Å². The second kappa shape index (κ2) is 6.49. The molecule has 6 heteroatoms. The first kappa shape index (κ1) is 15.2. The van der Waals surface area contributed by atoms with Crippen molar-refractivity contribution in [3.63, 3.8) is 0 Å². The fraction of sp³-hybridized carbons (Fsp3) is 0.400.